The number of nitriles is 1. The highest BCUT2D eigenvalue weighted by Gasteiger charge is 2.37. The van der Waals surface area contributed by atoms with Gasteiger partial charge in [0.25, 0.3) is 5.91 Å². The molecule has 0 unspecified atom stereocenters. The van der Waals surface area contributed by atoms with Crippen molar-refractivity contribution >= 4 is 32.5 Å². The lowest BCUT2D eigenvalue weighted by Gasteiger charge is -2.17. The van der Waals surface area contributed by atoms with E-state index in [0.29, 0.717) is 27.8 Å². The normalized spacial score (nSPS) is 12.8. The Morgan fingerprint density at radius 1 is 1.18 bits per heavy atom. The maximum atomic E-state index is 13.9. The molecule has 0 saturated heterocycles. The van der Waals surface area contributed by atoms with E-state index in [9.17, 15) is 22.9 Å². The lowest BCUT2D eigenvalue weighted by molar-refractivity contribution is 0.0763. The van der Waals surface area contributed by atoms with Gasteiger partial charge in [-0.05, 0) is 54.4 Å². The van der Waals surface area contributed by atoms with E-state index in [1.54, 1.807) is 37.6 Å². The fraction of sp³-hybridized carbons (Fsp3) is 0.207. The largest absolute Gasteiger partial charge is 0.497 e. The van der Waals surface area contributed by atoms with Crippen LogP contribution < -0.4 is 14.2 Å². The summed E-state index contributed by atoms with van der Waals surface area (Å²) >= 11 is 0. The van der Waals surface area contributed by atoms with Crippen molar-refractivity contribution in [2.75, 3.05) is 17.6 Å². The Morgan fingerprint density at radius 3 is 2.65 bits per heavy atom. The van der Waals surface area contributed by atoms with Crippen LogP contribution in [0.3, 0.4) is 0 Å². The van der Waals surface area contributed by atoms with Crippen LogP contribution in [0.2, 0.25) is 0 Å². The molecule has 0 spiro atoms. The third kappa shape index (κ3) is 5.13. The Morgan fingerprint density at radius 2 is 1.95 bits per heavy atom. The zero-order valence-electron chi connectivity index (χ0n) is 21.8. The fourth-order valence-corrected chi connectivity index (χ4v) is 5.31. The molecule has 4 aromatic rings. The number of carbonyl (C=O) groups is 1. The van der Waals surface area contributed by atoms with Gasteiger partial charge < -0.3 is 14.4 Å². The van der Waals surface area contributed by atoms with E-state index in [-0.39, 0.29) is 48.0 Å². The number of nitrogens with one attached hydrogen (secondary N) is 1. The number of pyridine rings is 1. The van der Waals surface area contributed by atoms with Gasteiger partial charge in [0.2, 0.25) is 10.0 Å². The van der Waals surface area contributed by atoms with Gasteiger partial charge in [0.05, 0.1) is 35.7 Å². The molecule has 0 fully saturated rings. The molecular weight excluding hydrogens is 535 g/mol. The second-order valence-corrected chi connectivity index (χ2v) is 11.2. The van der Waals surface area contributed by atoms with Crippen molar-refractivity contribution < 1.29 is 27.1 Å². The molecule has 204 valence electrons. The number of carbonyl (C=O) groups excluding carboxylic acids is 1. The molecule has 9 nitrogen and oxygen atoms in total. The topological polar surface area (TPSA) is 122 Å². The van der Waals surface area contributed by atoms with E-state index >= 15 is 0 Å². The number of hydrogen-bond donors (Lipinski definition) is 1. The van der Waals surface area contributed by atoms with E-state index < -0.39 is 21.7 Å². The molecule has 5 rings (SSSR count). The Kier molecular flexibility index (Phi) is 7.28. The summed E-state index contributed by atoms with van der Waals surface area (Å²) in [6.07, 6.45) is 1.54. The SMILES string of the molecule is CCS(=O)(=O)Nc1c2c(c(OCc3ccc(OC)cc3)c3ncccc13)C(=O)N(Cc1ccc(F)cc1C#N)C2. The molecule has 1 aliphatic heterocycles. The molecule has 0 saturated carbocycles. The monoisotopic (exact) mass is 560 g/mol. The molecule has 0 aliphatic carbocycles. The minimum Gasteiger partial charge on any atom is -0.497 e. The third-order valence-corrected chi connectivity index (χ3v) is 7.98. The predicted octanol–water partition coefficient (Wildman–Crippen LogP) is 4.75. The minimum absolute atomic E-state index is 0.0123. The van der Waals surface area contributed by atoms with Crippen LogP contribution in [0.5, 0.6) is 11.5 Å². The molecule has 0 atom stereocenters. The first-order valence-corrected chi connectivity index (χ1v) is 14.1. The van der Waals surface area contributed by atoms with Gasteiger partial charge in [-0.15, -0.1) is 0 Å². The smallest absolute Gasteiger partial charge is 0.258 e. The lowest BCUT2D eigenvalue weighted by atomic mass is 10.0. The van der Waals surface area contributed by atoms with E-state index in [0.717, 1.165) is 11.6 Å². The number of nitrogens with zero attached hydrogens (tertiary/aromatic N) is 3. The Balaban J connectivity index is 1.62. The maximum Gasteiger partial charge on any atom is 0.258 e. The standard InChI is InChI=1S/C29H25FN4O5S/c1-3-40(36,37)33-26-23-5-4-12-32-27(23)28(39-17-18-6-10-22(38-2)11-7-18)25-24(26)16-34(29(25)35)15-19-8-9-21(30)13-20(19)14-31/h4-13,33H,3,15-17H2,1-2H3. The van der Waals surface area contributed by atoms with E-state index in [2.05, 4.69) is 9.71 Å². The van der Waals surface area contributed by atoms with E-state index in [1.165, 1.54) is 24.0 Å². The fourth-order valence-electron chi connectivity index (χ4n) is 4.62. The molecule has 11 heteroatoms. The second kappa shape index (κ2) is 10.8. The van der Waals surface area contributed by atoms with E-state index in [1.807, 2.05) is 18.2 Å². The number of amides is 1. The third-order valence-electron chi connectivity index (χ3n) is 6.71. The van der Waals surface area contributed by atoms with Gasteiger partial charge in [-0.2, -0.15) is 5.26 Å². The summed E-state index contributed by atoms with van der Waals surface area (Å²) in [5, 5.41) is 9.99. The number of anilines is 1. The maximum absolute atomic E-state index is 13.9. The Hall–Kier alpha value is -4.69. The van der Waals surface area contributed by atoms with Gasteiger partial charge in [-0.1, -0.05) is 18.2 Å². The molecule has 0 radical (unpaired) electrons. The van der Waals surface area contributed by atoms with Crippen LogP contribution in [0.25, 0.3) is 10.9 Å². The molecular formula is C29H25FN4O5S. The molecule has 1 aromatic heterocycles. The van der Waals surface area contributed by atoms with Crippen molar-refractivity contribution in [2.45, 2.75) is 26.6 Å². The van der Waals surface area contributed by atoms with Crippen LogP contribution in [0.4, 0.5) is 10.1 Å². The van der Waals surface area contributed by atoms with Crippen LogP contribution >= 0.6 is 0 Å². The number of ether oxygens (including phenoxy) is 2. The molecule has 0 bridgehead atoms. The van der Waals surface area contributed by atoms with Gasteiger partial charge in [0.1, 0.15) is 23.7 Å². The van der Waals surface area contributed by atoms with Crippen molar-refractivity contribution in [3.05, 3.63) is 94.4 Å². The van der Waals surface area contributed by atoms with Crippen molar-refractivity contribution in [3.8, 4) is 17.6 Å². The Labute approximate surface area is 230 Å². The number of fused-ring (bicyclic) bond motifs is 2. The first-order valence-electron chi connectivity index (χ1n) is 12.4. The zero-order chi connectivity index (χ0) is 28.4. The summed E-state index contributed by atoms with van der Waals surface area (Å²) in [6.45, 7) is 1.69. The highest BCUT2D eigenvalue weighted by atomic mass is 32.2. The van der Waals surface area contributed by atoms with E-state index in [4.69, 9.17) is 9.47 Å². The average Bonchev–Trinajstić information content (AvgIpc) is 3.29. The quantitative estimate of drug-likeness (QED) is 0.314. The number of methoxy groups -OCH3 is 1. The van der Waals surface area contributed by atoms with Crippen molar-refractivity contribution in [1.82, 2.24) is 9.88 Å². The summed E-state index contributed by atoms with van der Waals surface area (Å²) in [7, 11) is -2.14. The number of rotatable bonds is 9. The van der Waals surface area contributed by atoms with Crippen molar-refractivity contribution in [2.24, 2.45) is 0 Å². The van der Waals surface area contributed by atoms with Gasteiger partial charge in [0.15, 0.2) is 5.75 Å². The number of benzene rings is 3. The van der Waals surface area contributed by atoms with Crippen LogP contribution in [0, 0.1) is 17.1 Å². The summed E-state index contributed by atoms with van der Waals surface area (Å²) in [4.78, 5) is 19.8. The molecule has 1 aliphatic rings. The molecule has 1 N–H and O–H groups in total. The lowest BCUT2D eigenvalue weighted by Crippen LogP contribution is -2.24. The number of hydrogen-bond acceptors (Lipinski definition) is 7. The molecule has 2 heterocycles. The van der Waals surface area contributed by atoms with Crippen LogP contribution in [0.15, 0.2) is 60.8 Å². The van der Waals surface area contributed by atoms with Crippen LogP contribution in [-0.4, -0.2) is 37.1 Å². The van der Waals surface area contributed by atoms with Gasteiger partial charge >= 0.3 is 0 Å². The predicted molar refractivity (Wildman–Crippen MR) is 147 cm³/mol. The van der Waals surface area contributed by atoms with Gasteiger partial charge in [-0.3, -0.25) is 14.5 Å². The first kappa shape index (κ1) is 26.9. The van der Waals surface area contributed by atoms with Gasteiger partial charge in [0, 0.05) is 30.2 Å². The van der Waals surface area contributed by atoms with Crippen LogP contribution in [0.1, 0.15) is 39.5 Å². The molecule has 3 aromatic carbocycles. The highest BCUT2D eigenvalue weighted by Crippen LogP contribution is 2.44. The van der Waals surface area contributed by atoms with Crippen LogP contribution in [-0.2, 0) is 29.7 Å². The second-order valence-electron chi connectivity index (χ2n) is 9.17. The highest BCUT2D eigenvalue weighted by molar-refractivity contribution is 7.92. The van der Waals surface area contributed by atoms with Crippen molar-refractivity contribution in [1.29, 1.82) is 5.26 Å². The minimum atomic E-state index is -3.71. The summed E-state index contributed by atoms with van der Waals surface area (Å²) in [5.41, 5.74) is 2.61. The molecule has 1 amide bonds. The van der Waals surface area contributed by atoms with Gasteiger partial charge in [-0.25, -0.2) is 12.8 Å². The summed E-state index contributed by atoms with van der Waals surface area (Å²) < 4.78 is 53.2. The number of aromatic nitrogens is 1. The van der Waals surface area contributed by atoms with Crippen molar-refractivity contribution in [3.63, 3.8) is 0 Å². The number of halogens is 1. The zero-order valence-corrected chi connectivity index (χ0v) is 22.6. The summed E-state index contributed by atoms with van der Waals surface area (Å²) in [5.74, 6) is -0.227. The molecule has 40 heavy (non-hydrogen) atoms. The first-order chi connectivity index (χ1) is 19.2. The summed E-state index contributed by atoms with van der Waals surface area (Å²) in [6, 6.07) is 16.4. The number of sulfonamides is 1. The average molecular weight is 561 g/mol. The Bertz CT molecular complexity index is 1770.